The van der Waals surface area contributed by atoms with Crippen molar-refractivity contribution < 1.29 is 8.42 Å². The Hall–Kier alpha value is -1.70. The van der Waals surface area contributed by atoms with Gasteiger partial charge in [-0.1, -0.05) is 30.3 Å². The third-order valence-corrected chi connectivity index (χ3v) is 6.15. The summed E-state index contributed by atoms with van der Waals surface area (Å²) >= 11 is 0. The van der Waals surface area contributed by atoms with Crippen LogP contribution in [0.2, 0.25) is 0 Å². The zero-order chi connectivity index (χ0) is 16.3. The number of benzene rings is 1. The van der Waals surface area contributed by atoms with Crippen LogP contribution in [0.25, 0.3) is 11.3 Å². The molecule has 1 fully saturated rings. The molecule has 1 N–H and O–H groups in total. The van der Waals surface area contributed by atoms with E-state index in [1.807, 2.05) is 24.4 Å². The van der Waals surface area contributed by atoms with Crippen LogP contribution in [-0.2, 0) is 16.6 Å². The highest BCUT2D eigenvalue weighted by Gasteiger charge is 2.25. The lowest BCUT2D eigenvalue weighted by Gasteiger charge is -2.33. The molecule has 0 spiro atoms. The van der Waals surface area contributed by atoms with Crippen LogP contribution in [0.1, 0.15) is 12.5 Å². The standard InChI is InChI=1S/C16H22N4O2S/c1-2-23(21,22)20-10-8-19(9-11-20)13-15-12-17-18-16(15)14-6-4-3-5-7-14/h3-7,12H,2,8-11,13H2,1H3,(H,17,18). The second-order valence-corrected chi connectivity index (χ2v) is 7.97. The molecule has 124 valence electrons. The van der Waals surface area contributed by atoms with Crippen LogP contribution >= 0.6 is 0 Å². The molecule has 1 saturated heterocycles. The number of aromatic amines is 1. The van der Waals surface area contributed by atoms with Crippen molar-refractivity contribution in [2.45, 2.75) is 13.5 Å². The summed E-state index contributed by atoms with van der Waals surface area (Å²) < 4.78 is 25.4. The monoisotopic (exact) mass is 334 g/mol. The molecule has 1 aromatic carbocycles. The van der Waals surface area contributed by atoms with Crippen LogP contribution < -0.4 is 0 Å². The maximum atomic E-state index is 11.9. The highest BCUT2D eigenvalue weighted by molar-refractivity contribution is 7.89. The van der Waals surface area contributed by atoms with Gasteiger partial charge in [-0.25, -0.2) is 8.42 Å². The van der Waals surface area contributed by atoms with Crippen LogP contribution in [0.15, 0.2) is 36.5 Å². The van der Waals surface area contributed by atoms with Crippen molar-refractivity contribution in [1.82, 2.24) is 19.4 Å². The van der Waals surface area contributed by atoms with E-state index in [0.29, 0.717) is 13.1 Å². The molecule has 2 aromatic rings. The molecule has 3 rings (SSSR count). The Labute approximate surface area is 137 Å². The minimum atomic E-state index is -3.07. The van der Waals surface area contributed by atoms with Crippen molar-refractivity contribution >= 4 is 10.0 Å². The topological polar surface area (TPSA) is 69.3 Å². The molecule has 0 atom stereocenters. The van der Waals surface area contributed by atoms with Gasteiger partial charge in [-0.15, -0.1) is 0 Å². The van der Waals surface area contributed by atoms with Crippen LogP contribution in [-0.4, -0.2) is 59.8 Å². The average Bonchev–Trinajstić information content (AvgIpc) is 3.04. The van der Waals surface area contributed by atoms with Crippen LogP contribution in [0.3, 0.4) is 0 Å². The number of aromatic nitrogens is 2. The van der Waals surface area contributed by atoms with E-state index in [0.717, 1.165) is 36.5 Å². The fourth-order valence-electron chi connectivity index (χ4n) is 2.88. The minimum Gasteiger partial charge on any atom is -0.296 e. The van der Waals surface area contributed by atoms with Crippen molar-refractivity contribution in [3.63, 3.8) is 0 Å². The number of hydrogen-bond donors (Lipinski definition) is 1. The van der Waals surface area contributed by atoms with E-state index in [4.69, 9.17) is 0 Å². The molecule has 1 aliphatic rings. The summed E-state index contributed by atoms with van der Waals surface area (Å²) in [5, 5.41) is 7.24. The molecule has 0 aliphatic carbocycles. The third-order valence-electron chi connectivity index (χ3n) is 4.26. The quantitative estimate of drug-likeness (QED) is 0.901. The fourth-order valence-corrected chi connectivity index (χ4v) is 3.96. The van der Waals surface area contributed by atoms with Crippen LogP contribution in [0, 0.1) is 0 Å². The van der Waals surface area contributed by atoms with E-state index in [9.17, 15) is 8.42 Å². The first-order valence-corrected chi connectivity index (χ1v) is 9.49. The SMILES string of the molecule is CCS(=O)(=O)N1CCN(Cc2cn[nH]c2-c2ccccc2)CC1. The maximum absolute atomic E-state index is 11.9. The van der Waals surface area contributed by atoms with Gasteiger partial charge in [-0.2, -0.15) is 9.40 Å². The molecule has 0 bridgehead atoms. The Morgan fingerprint density at radius 1 is 1.13 bits per heavy atom. The van der Waals surface area contributed by atoms with E-state index in [-0.39, 0.29) is 5.75 Å². The highest BCUT2D eigenvalue weighted by Crippen LogP contribution is 2.22. The molecule has 7 heteroatoms. The Kier molecular flexibility index (Phi) is 4.79. The summed E-state index contributed by atoms with van der Waals surface area (Å²) in [7, 11) is -3.07. The van der Waals surface area contributed by atoms with Gasteiger partial charge in [0.1, 0.15) is 0 Å². The first kappa shape index (κ1) is 16.2. The van der Waals surface area contributed by atoms with Gasteiger partial charge in [-0.05, 0) is 12.5 Å². The first-order chi connectivity index (χ1) is 11.1. The van der Waals surface area contributed by atoms with Gasteiger partial charge in [-0.3, -0.25) is 10.00 Å². The summed E-state index contributed by atoms with van der Waals surface area (Å²) in [5.74, 6) is 0.173. The van der Waals surface area contributed by atoms with E-state index < -0.39 is 10.0 Å². The number of H-pyrrole nitrogens is 1. The van der Waals surface area contributed by atoms with Gasteiger partial charge in [0, 0.05) is 38.3 Å². The lowest BCUT2D eigenvalue weighted by atomic mass is 10.1. The van der Waals surface area contributed by atoms with Crippen molar-refractivity contribution in [3.05, 3.63) is 42.1 Å². The van der Waals surface area contributed by atoms with E-state index in [2.05, 4.69) is 27.2 Å². The smallest absolute Gasteiger partial charge is 0.213 e. The predicted molar refractivity (Wildman–Crippen MR) is 90.3 cm³/mol. The number of hydrogen-bond acceptors (Lipinski definition) is 4. The molecule has 2 heterocycles. The van der Waals surface area contributed by atoms with Gasteiger partial charge in [0.15, 0.2) is 0 Å². The molecule has 0 radical (unpaired) electrons. The second kappa shape index (κ2) is 6.82. The molecule has 6 nitrogen and oxygen atoms in total. The molecule has 1 aliphatic heterocycles. The van der Waals surface area contributed by atoms with Gasteiger partial charge in [0.2, 0.25) is 10.0 Å². The summed E-state index contributed by atoms with van der Waals surface area (Å²) in [4.78, 5) is 2.28. The molecule has 0 amide bonds. The van der Waals surface area contributed by atoms with Gasteiger partial charge >= 0.3 is 0 Å². The van der Waals surface area contributed by atoms with Gasteiger partial charge in [0.05, 0.1) is 17.6 Å². The number of nitrogens with one attached hydrogen (secondary N) is 1. The average molecular weight is 334 g/mol. The van der Waals surface area contributed by atoms with Gasteiger partial charge in [0.25, 0.3) is 0 Å². The van der Waals surface area contributed by atoms with Crippen molar-refractivity contribution in [2.24, 2.45) is 0 Å². The van der Waals surface area contributed by atoms with Gasteiger partial charge < -0.3 is 0 Å². The Balaban J connectivity index is 1.66. The van der Waals surface area contributed by atoms with E-state index >= 15 is 0 Å². The predicted octanol–water partition coefficient (Wildman–Crippen LogP) is 1.54. The zero-order valence-corrected chi connectivity index (χ0v) is 14.1. The Morgan fingerprint density at radius 3 is 2.48 bits per heavy atom. The Morgan fingerprint density at radius 2 is 1.83 bits per heavy atom. The molecule has 23 heavy (non-hydrogen) atoms. The number of rotatable bonds is 5. The van der Waals surface area contributed by atoms with Crippen molar-refractivity contribution in [2.75, 3.05) is 31.9 Å². The zero-order valence-electron chi connectivity index (χ0n) is 13.3. The third kappa shape index (κ3) is 3.63. The summed E-state index contributed by atoms with van der Waals surface area (Å²) in [6, 6.07) is 10.1. The number of sulfonamides is 1. The van der Waals surface area contributed by atoms with E-state index in [1.165, 1.54) is 0 Å². The van der Waals surface area contributed by atoms with Crippen LogP contribution in [0.5, 0.6) is 0 Å². The number of nitrogens with zero attached hydrogens (tertiary/aromatic N) is 3. The first-order valence-electron chi connectivity index (χ1n) is 7.88. The van der Waals surface area contributed by atoms with Crippen molar-refractivity contribution in [1.29, 1.82) is 0 Å². The largest absolute Gasteiger partial charge is 0.296 e. The Bertz CT molecular complexity index is 734. The minimum absolute atomic E-state index is 0.173. The molecular formula is C16H22N4O2S. The van der Waals surface area contributed by atoms with Crippen molar-refractivity contribution in [3.8, 4) is 11.3 Å². The molecule has 1 aromatic heterocycles. The second-order valence-electron chi connectivity index (χ2n) is 5.71. The summed E-state index contributed by atoms with van der Waals surface area (Å²) in [5.41, 5.74) is 3.30. The summed E-state index contributed by atoms with van der Waals surface area (Å²) in [6.45, 7) is 5.10. The van der Waals surface area contributed by atoms with E-state index in [1.54, 1.807) is 11.2 Å². The normalized spacial score (nSPS) is 17.4. The number of piperazine rings is 1. The lowest BCUT2D eigenvalue weighted by molar-refractivity contribution is 0.182. The van der Waals surface area contributed by atoms with Crippen LogP contribution in [0.4, 0.5) is 0 Å². The fraction of sp³-hybridized carbons (Fsp3) is 0.438. The summed E-state index contributed by atoms with van der Waals surface area (Å²) in [6.07, 6.45) is 1.86. The molecule has 0 saturated carbocycles. The maximum Gasteiger partial charge on any atom is 0.213 e. The lowest BCUT2D eigenvalue weighted by Crippen LogP contribution is -2.48. The molecule has 0 unspecified atom stereocenters. The molecular weight excluding hydrogens is 312 g/mol. The highest BCUT2D eigenvalue weighted by atomic mass is 32.2.